The second-order valence-electron chi connectivity index (χ2n) is 7.16. The van der Waals surface area contributed by atoms with Gasteiger partial charge < -0.3 is 9.47 Å². The van der Waals surface area contributed by atoms with Gasteiger partial charge in [-0.1, -0.05) is 23.2 Å². The van der Waals surface area contributed by atoms with Crippen molar-refractivity contribution in [3.05, 3.63) is 68.1 Å². The first-order valence-electron chi connectivity index (χ1n) is 9.63. The molecule has 1 amide bonds. The molecule has 6 nitrogen and oxygen atoms in total. The van der Waals surface area contributed by atoms with Crippen LogP contribution in [0.4, 0.5) is 5.13 Å². The number of anilines is 1. The average Bonchev–Trinajstić information content (AvgIpc) is 3.19. The first-order chi connectivity index (χ1) is 15.0. The summed E-state index contributed by atoms with van der Waals surface area (Å²) in [6, 6.07) is 8.88. The Kier molecular flexibility index (Phi) is 6.67. The summed E-state index contributed by atoms with van der Waals surface area (Å²) in [5, 5.41) is 6.10. The van der Waals surface area contributed by atoms with Crippen molar-refractivity contribution in [3.63, 3.8) is 0 Å². The Labute approximate surface area is 194 Å². The largest absolute Gasteiger partial charge is 0.493 e. The Morgan fingerprint density at radius 2 is 1.90 bits per heavy atom. The van der Waals surface area contributed by atoms with Crippen molar-refractivity contribution < 1.29 is 14.3 Å². The van der Waals surface area contributed by atoms with E-state index in [1.807, 2.05) is 11.4 Å². The van der Waals surface area contributed by atoms with Gasteiger partial charge in [0.2, 0.25) is 0 Å². The number of carbonyl (C=O) groups excluding carboxylic acids is 1. The summed E-state index contributed by atoms with van der Waals surface area (Å²) in [7, 11) is 3.30. The normalized spacial score (nSPS) is 13.5. The topological polar surface area (TPSA) is 63.7 Å². The molecule has 1 aliphatic rings. The van der Waals surface area contributed by atoms with Crippen molar-refractivity contribution in [3.8, 4) is 11.5 Å². The number of nitrogens with zero attached hydrogens (tertiary/aromatic N) is 2. The fraction of sp³-hybridized carbons (Fsp3) is 0.273. The molecule has 31 heavy (non-hydrogen) atoms. The van der Waals surface area contributed by atoms with Gasteiger partial charge in [0.25, 0.3) is 5.91 Å². The number of rotatable bonds is 6. The van der Waals surface area contributed by atoms with Crippen LogP contribution >= 0.6 is 34.5 Å². The molecule has 0 saturated carbocycles. The van der Waals surface area contributed by atoms with Crippen LogP contribution in [0, 0.1) is 0 Å². The average molecular weight is 478 g/mol. The molecule has 2 heterocycles. The van der Waals surface area contributed by atoms with E-state index in [2.05, 4.69) is 21.3 Å². The lowest BCUT2D eigenvalue weighted by Crippen LogP contribution is -2.30. The Morgan fingerprint density at radius 1 is 1.16 bits per heavy atom. The van der Waals surface area contributed by atoms with Crippen LogP contribution in [-0.2, 0) is 19.5 Å². The fourth-order valence-corrected chi connectivity index (χ4v) is 4.77. The quantitative estimate of drug-likeness (QED) is 0.523. The summed E-state index contributed by atoms with van der Waals surface area (Å²) in [4.78, 5) is 19.4. The molecule has 0 aliphatic carbocycles. The predicted octanol–water partition coefficient (Wildman–Crippen LogP) is 5.28. The molecule has 0 atom stereocenters. The van der Waals surface area contributed by atoms with Crippen LogP contribution in [0.15, 0.2) is 35.7 Å². The second kappa shape index (κ2) is 9.44. The lowest BCUT2D eigenvalue weighted by atomic mass is 9.98. The molecule has 0 fully saturated rings. The third kappa shape index (κ3) is 4.96. The van der Waals surface area contributed by atoms with Crippen molar-refractivity contribution in [2.45, 2.75) is 19.5 Å². The molecular weight excluding hydrogens is 457 g/mol. The van der Waals surface area contributed by atoms with Gasteiger partial charge in [-0.15, -0.1) is 11.3 Å². The highest BCUT2D eigenvalue weighted by atomic mass is 35.5. The molecule has 0 spiro atoms. The van der Waals surface area contributed by atoms with Crippen LogP contribution in [0.3, 0.4) is 0 Å². The molecule has 1 aliphatic heterocycles. The Bertz CT molecular complexity index is 1120. The van der Waals surface area contributed by atoms with Crippen molar-refractivity contribution in [1.82, 2.24) is 9.88 Å². The second-order valence-corrected chi connectivity index (χ2v) is 8.86. The van der Waals surface area contributed by atoms with Gasteiger partial charge in [-0.3, -0.25) is 15.0 Å². The third-order valence-corrected chi connectivity index (χ3v) is 6.49. The van der Waals surface area contributed by atoms with E-state index in [1.54, 1.807) is 32.4 Å². The van der Waals surface area contributed by atoms with Crippen LogP contribution in [0.1, 0.15) is 27.2 Å². The maximum Gasteiger partial charge on any atom is 0.258 e. The van der Waals surface area contributed by atoms with Gasteiger partial charge in [-0.2, -0.15) is 0 Å². The molecule has 0 unspecified atom stereocenters. The number of fused-ring (bicyclic) bond motifs is 1. The van der Waals surface area contributed by atoms with E-state index in [4.69, 9.17) is 32.7 Å². The summed E-state index contributed by atoms with van der Waals surface area (Å²) in [5.74, 6) is 1.19. The summed E-state index contributed by atoms with van der Waals surface area (Å²) >= 11 is 13.4. The van der Waals surface area contributed by atoms with E-state index in [1.165, 1.54) is 22.5 Å². The van der Waals surface area contributed by atoms with Gasteiger partial charge >= 0.3 is 0 Å². The van der Waals surface area contributed by atoms with Crippen LogP contribution < -0.4 is 14.8 Å². The monoisotopic (exact) mass is 477 g/mol. The maximum atomic E-state index is 12.5. The van der Waals surface area contributed by atoms with E-state index in [9.17, 15) is 4.79 Å². The highest BCUT2D eigenvalue weighted by Gasteiger charge is 2.21. The summed E-state index contributed by atoms with van der Waals surface area (Å²) < 4.78 is 10.8. The van der Waals surface area contributed by atoms with Crippen LogP contribution in [0.5, 0.6) is 11.5 Å². The third-order valence-electron chi connectivity index (χ3n) is 5.13. The van der Waals surface area contributed by atoms with Gasteiger partial charge in [0.15, 0.2) is 16.6 Å². The number of thiazole rings is 1. The molecule has 162 valence electrons. The molecule has 0 saturated heterocycles. The van der Waals surface area contributed by atoms with E-state index < -0.39 is 0 Å². The highest BCUT2D eigenvalue weighted by molar-refractivity contribution is 7.14. The standard InChI is InChI=1S/C22H21Cl2N3O3S/c1-29-19-7-13-5-6-27(10-14(13)8-20(19)30-2)11-16-12-31-22(25-16)26-21(28)17-4-3-15(23)9-18(17)24/h3-4,7-9,12H,5-6,10-11H2,1-2H3,(H,25,26,28). The summed E-state index contributed by atoms with van der Waals surface area (Å²) in [6.45, 7) is 2.42. The highest BCUT2D eigenvalue weighted by Crippen LogP contribution is 2.33. The lowest BCUT2D eigenvalue weighted by Gasteiger charge is -2.29. The van der Waals surface area contributed by atoms with Crippen molar-refractivity contribution in [2.24, 2.45) is 0 Å². The molecular formula is C22H21Cl2N3O3S. The van der Waals surface area contributed by atoms with E-state index in [0.29, 0.717) is 27.3 Å². The zero-order valence-electron chi connectivity index (χ0n) is 17.1. The van der Waals surface area contributed by atoms with Crippen LogP contribution in [-0.4, -0.2) is 36.6 Å². The van der Waals surface area contributed by atoms with Gasteiger partial charge in [-0.25, -0.2) is 4.98 Å². The number of benzene rings is 2. The van der Waals surface area contributed by atoms with Crippen molar-refractivity contribution >= 4 is 45.6 Å². The Morgan fingerprint density at radius 3 is 2.61 bits per heavy atom. The van der Waals surface area contributed by atoms with Crippen molar-refractivity contribution in [1.29, 1.82) is 0 Å². The smallest absolute Gasteiger partial charge is 0.258 e. The number of aromatic nitrogens is 1. The molecule has 0 radical (unpaired) electrons. The molecule has 4 rings (SSSR count). The molecule has 9 heteroatoms. The number of nitrogens with one attached hydrogen (secondary N) is 1. The molecule has 3 aromatic rings. The zero-order chi connectivity index (χ0) is 22.0. The minimum atomic E-state index is -0.310. The number of halogens is 2. The first-order valence-corrected chi connectivity index (χ1v) is 11.3. The molecule has 2 aromatic carbocycles. The van der Waals surface area contributed by atoms with E-state index in [0.717, 1.165) is 36.7 Å². The van der Waals surface area contributed by atoms with Crippen LogP contribution in [0.25, 0.3) is 0 Å². The number of ether oxygens (including phenoxy) is 2. The number of hydrogen-bond donors (Lipinski definition) is 1. The minimum absolute atomic E-state index is 0.306. The summed E-state index contributed by atoms with van der Waals surface area (Å²) in [5.41, 5.74) is 3.77. The number of methoxy groups -OCH3 is 2. The van der Waals surface area contributed by atoms with Gasteiger partial charge in [0, 0.05) is 30.0 Å². The molecule has 1 aromatic heterocycles. The fourth-order valence-electron chi connectivity index (χ4n) is 3.58. The van der Waals surface area contributed by atoms with Gasteiger partial charge in [0.1, 0.15) is 0 Å². The molecule has 1 N–H and O–H groups in total. The number of amides is 1. The Balaban J connectivity index is 1.41. The number of hydrogen-bond acceptors (Lipinski definition) is 6. The van der Waals surface area contributed by atoms with Crippen LogP contribution in [0.2, 0.25) is 10.0 Å². The lowest BCUT2D eigenvalue weighted by molar-refractivity contribution is 0.102. The van der Waals surface area contributed by atoms with Gasteiger partial charge in [-0.05, 0) is 47.9 Å². The minimum Gasteiger partial charge on any atom is -0.493 e. The van der Waals surface area contributed by atoms with Crippen molar-refractivity contribution in [2.75, 3.05) is 26.1 Å². The maximum absolute atomic E-state index is 12.5. The molecule has 0 bridgehead atoms. The van der Waals surface area contributed by atoms with E-state index in [-0.39, 0.29) is 5.91 Å². The zero-order valence-corrected chi connectivity index (χ0v) is 19.4. The predicted molar refractivity (Wildman–Crippen MR) is 124 cm³/mol. The Hall–Kier alpha value is -2.32. The number of carbonyl (C=O) groups is 1. The van der Waals surface area contributed by atoms with Gasteiger partial charge in [0.05, 0.1) is 30.5 Å². The first kappa shape index (κ1) is 21.9. The SMILES string of the molecule is COc1cc2c(cc1OC)CN(Cc1csc(NC(=O)c3ccc(Cl)cc3Cl)n1)CC2. The summed E-state index contributed by atoms with van der Waals surface area (Å²) in [6.07, 6.45) is 0.929. The van der Waals surface area contributed by atoms with E-state index >= 15 is 0 Å².